The predicted octanol–water partition coefficient (Wildman–Crippen LogP) is 2.85. The highest BCUT2D eigenvalue weighted by Gasteiger charge is 2.26. The second-order valence-corrected chi connectivity index (χ2v) is 6.26. The second-order valence-electron chi connectivity index (χ2n) is 6.26. The zero-order chi connectivity index (χ0) is 17.6. The first-order chi connectivity index (χ1) is 12.1. The van der Waals surface area contributed by atoms with Crippen molar-refractivity contribution >= 4 is 17.6 Å². The molecule has 1 atom stereocenters. The Balaban J connectivity index is 1.57. The number of para-hydroxylation sites is 1. The van der Waals surface area contributed by atoms with Crippen LogP contribution < -0.4 is 15.5 Å². The molecule has 0 fully saturated rings. The SMILES string of the molecule is C[C@@H](C(=O)NC(=O)NCc1ccccc1)N1CCCc2ccccc21. The third-order valence-electron chi connectivity index (χ3n) is 4.53. The topological polar surface area (TPSA) is 61.4 Å². The molecule has 1 aliphatic heterocycles. The summed E-state index contributed by atoms with van der Waals surface area (Å²) in [4.78, 5) is 26.5. The van der Waals surface area contributed by atoms with Crippen molar-refractivity contribution in [3.8, 4) is 0 Å². The van der Waals surface area contributed by atoms with Gasteiger partial charge in [-0.25, -0.2) is 4.79 Å². The standard InChI is InChI=1S/C20H23N3O2/c1-15(23-13-7-11-17-10-5-6-12-18(17)23)19(24)22-20(25)21-14-16-8-3-2-4-9-16/h2-6,8-10,12,15H,7,11,13-14H2,1H3,(H2,21,22,24,25)/t15-/m0/s1. The molecule has 0 unspecified atom stereocenters. The van der Waals surface area contributed by atoms with Gasteiger partial charge in [0, 0.05) is 18.8 Å². The number of nitrogens with one attached hydrogen (secondary N) is 2. The summed E-state index contributed by atoms with van der Waals surface area (Å²) >= 11 is 0. The Labute approximate surface area is 148 Å². The molecule has 2 aromatic carbocycles. The zero-order valence-electron chi connectivity index (χ0n) is 14.4. The number of hydrogen-bond acceptors (Lipinski definition) is 3. The Kier molecular flexibility index (Phi) is 5.33. The van der Waals surface area contributed by atoms with Gasteiger partial charge >= 0.3 is 6.03 Å². The average molecular weight is 337 g/mol. The van der Waals surface area contributed by atoms with Crippen molar-refractivity contribution in [2.75, 3.05) is 11.4 Å². The van der Waals surface area contributed by atoms with Crippen LogP contribution in [0.2, 0.25) is 0 Å². The Bertz CT molecular complexity index is 746. The number of benzene rings is 2. The van der Waals surface area contributed by atoms with E-state index >= 15 is 0 Å². The number of imide groups is 1. The molecule has 5 nitrogen and oxygen atoms in total. The molecule has 0 saturated heterocycles. The third-order valence-corrected chi connectivity index (χ3v) is 4.53. The lowest BCUT2D eigenvalue weighted by atomic mass is 10.00. The van der Waals surface area contributed by atoms with Crippen LogP contribution in [0.15, 0.2) is 54.6 Å². The van der Waals surface area contributed by atoms with Gasteiger partial charge in [-0.1, -0.05) is 48.5 Å². The summed E-state index contributed by atoms with van der Waals surface area (Å²) in [6.45, 7) is 3.04. The van der Waals surface area contributed by atoms with Crippen LogP contribution in [0.1, 0.15) is 24.5 Å². The summed E-state index contributed by atoms with van der Waals surface area (Å²) in [6, 6.07) is 16.9. The van der Waals surface area contributed by atoms with Gasteiger partial charge in [0.25, 0.3) is 0 Å². The number of rotatable bonds is 4. The summed E-state index contributed by atoms with van der Waals surface area (Å²) in [7, 11) is 0. The minimum Gasteiger partial charge on any atom is -0.360 e. The van der Waals surface area contributed by atoms with E-state index in [2.05, 4.69) is 21.6 Å². The minimum absolute atomic E-state index is 0.290. The lowest BCUT2D eigenvalue weighted by Gasteiger charge is -2.35. The van der Waals surface area contributed by atoms with Crippen LogP contribution in [-0.4, -0.2) is 24.5 Å². The van der Waals surface area contributed by atoms with Crippen molar-refractivity contribution in [1.82, 2.24) is 10.6 Å². The highest BCUT2D eigenvalue weighted by molar-refractivity contribution is 5.98. The van der Waals surface area contributed by atoms with Crippen molar-refractivity contribution in [1.29, 1.82) is 0 Å². The Morgan fingerprint density at radius 3 is 2.60 bits per heavy atom. The van der Waals surface area contributed by atoms with Crippen LogP contribution in [0.5, 0.6) is 0 Å². The van der Waals surface area contributed by atoms with Gasteiger partial charge in [0.15, 0.2) is 0 Å². The number of hydrogen-bond donors (Lipinski definition) is 2. The molecule has 1 aliphatic rings. The normalized spacial score (nSPS) is 14.4. The van der Waals surface area contributed by atoms with Gasteiger partial charge in [0.05, 0.1) is 0 Å². The van der Waals surface area contributed by atoms with Crippen molar-refractivity contribution in [2.45, 2.75) is 32.4 Å². The van der Waals surface area contributed by atoms with Gasteiger partial charge in [-0.15, -0.1) is 0 Å². The maximum absolute atomic E-state index is 12.5. The molecule has 2 N–H and O–H groups in total. The molecule has 1 heterocycles. The molecule has 3 rings (SSSR count). The largest absolute Gasteiger partial charge is 0.360 e. The lowest BCUT2D eigenvalue weighted by molar-refractivity contribution is -0.121. The summed E-state index contributed by atoms with van der Waals surface area (Å²) in [6.07, 6.45) is 2.04. The second kappa shape index (κ2) is 7.83. The summed E-state index contributed by atoms with van der Waals surface area (Å²) in [5.41, 5.74) is 3.33. The monoisotopic (exact) mass is 337 g/mol. The minimum atomic E-state index is -0.467. The van der Waals surface area contributed by atoms with E-state index in [0.29, 0.717) is 6.54 Å². The van der Waals surface area contributed by atoms with Crippen LogP contribution in [-0.2, 0) is 17.8 Å². The average Bonchev–Trinajstić information content (AvgIpc) is 2.66. The van der Waals surface area contributed by atoms with Gasteiger partial charge in [-0.05, 0) is 37.0 Å². The molecule has 0 bridgehead atoms. The van der Waals surface area contributed by atoms with E-state index in [-0.39, 0.29) is 5.91 Å². The first-order valence-corrected chi connectivity index (χ1v) is 8.62. The lowest BCUT2D eigenvalue weighted by Crippen LogP contribution is -2.50. The van der Waals surface area contributed by atoms with E-state index in [1.807, 2.05) is 55.5 Å². The Morgan fingerprint density at radius 1 is 1.08 bits per heavy atom. The van der Waals surface area contributed by atoms with Crippen molar-refractivity contribution in [3.63, 3.8) is 0 Å². The quantitative estimate of drug-likeness (QED) is 0.902. The number of nitrogens with zero attached hydrogens (tertiary/aromatic N) is 1. The third kappa shape index (κ3) is 4.18. The number of carbonyl (C=O) groups is 2. The number of anilines is 1. The van der Waals surface area contributed by atoms with Gasteiger partial charge in [0.2, 0.25) is 5.91 Å². The molecule has 0 aliphatic carbocycles. The molecule has 0 saturated carbocycles. The number of carbonyl (C=O) groups excluding carboxylic acids is 2. The van der Waals surface area contributed by atoms with Crippen molar-refractivity contribution in [2.24, 2.45) is 0 Å². The van der Waals surface area contributed by atoms with Crippen molar-refractivity contribution < 1.29 is 9.59 Å². The fraction of sp³-hybridized carbons (Fsp3) is 0.300. The summed E-state index contributed by atoms with van der Waals surface area (Å²) in [5.74, 6) is -0.290. The Hall–Kier alpha value is -2.82. The first-order valence-electron chi connectivity index (χ1n) is 8.62. The van der Waals surface area contributed by atoms with E-state index in [1.54, 1.807) is 0 Å². The maximum atomic E-state index is 12.5. The summed E-state index contributed by atoms with van der Waals surface area (Å²) < 4.78 is 0. The molecule has 130 valence electrons. The van der Waals surface area contributed by atoms with E-state index in [4.69, 9.17) is 0 Å². The van der Waals surface area contributed by atoms with Gasteiger partial charge in [-0.2, -0.15) is 0 Å². The smallest absolute Gasteiger partial charge is 0.321 e. The number of amides is 3. The fourth-order valence-electron chi connectivity index (χ4n) is 3.15. The molecule has 25 heavy (non-hydrogen) atoms. The first kappa shape index (κ1) is 17.0. The van der Waals surface area contributed by atoms with E-state index in [9.17, 15) is 9.59 Å². The Morgan fingerprint density at radius 2 is 1.80 bits per heavy atom. The fourth-order valence-corrected chi connectivity index (χ4v) is 3.15. The molecule has 2 aromatic rings. The molecular formula is C20H23N3O2. The predicted molar refractivity (Wildman–Crippen MR) is 98.4 cm³/mol. The maximum Gasteiger partial charge on any atom is 0.321 e. The molecule has 0 spiro atoms. The van der Waals surface area contributed by atoms with Crippen LogP contribution in [0.3, 0.4) is 0 Å². The van der Waals surface area contributed by atoms with Gasteiger partial charge in [-0.3, -0.25) is 10.1 Å². The van der Waals surface area contributed by atoms with Crippen LogP contribution in [0, 0.1) is 0 Å². The van der Waals surface area contributed by atoms with Crippen LogP contribution in [0.25, 0.3) is 0 Å². The molecule has 0 aromatic heterocycles. The molecule has 0 radical (unpaired) electrons. The van der Waals surface area contributed by atoms with E-state index in [0.717, 1.165) is 30.6 Å². The number of urea groups is 1. The number of fused-ring (bicyclic) bond motifs is 1. The highest BCUT2D eigenvalue weighted by Crippen LogP contribution is 2.28. The van der Waals surface area contributed by atoms with Gasteiger partial charge < -0.3 is 10.2 Å². The van der Waals surface area contributed by atoms with E-state index in [1.165, 1.54) is 5.56 Å². The molecule has 3 amide bonds. The molecular weight excluding hydrogens is 314 g/mol. The zero-order valence-corrected chi connectivity index (χ0v) is 14.4. The van der Waals surface area contributed by atoms with Crippen LogP contribution in [0.4, 0.5) is 10.5 Å². The van der Waals surface area contributed by atoms with E-state index < -0.39 is 12.1 Å². The molecule has 5 heteroatoms. The van der Waals surface area contributed by atoms with Crippen LogP contribution >= 0.6 is 0 Å². The number of aryl methyl sites for hydroxylation is 1. The highest BCUT2D eigenvalue weighted by atomic mass is 16.2. The van der Waals surface area contributed by atoms with Gasteiger partial charge in [0.1, 0.15) is 6.04 Å². The van der Waals surface area contributed by atoms with Crippen molar-refractivity contribution in [3.05, 3.63) is 65.7 Å². The summed E-state index contributed by atoms with van der Waals surface area (Å²) in [5, 5.41) is 5.16.